The van der Waals surface area contributed by atoms with E-state index in [4.69, 9.17) is 9.26 Å². The van der Waals surface area contributed by atoms with Gasteiger partial charge in [0.05, 0.1) is 5.92 Å². The van der Waals surface area contributed by atoms with Crippen LogP contribution < -0.4 is 0 Å². The second-order valence-corrected chi connectivity index (χ2v) is 16.1. The summed E-state index contributed by atoms with van der Waals surface area (Å²) < 4.78 is 7.34. The predicted octanol–water partition coefficient (Wildman–Crippen LogP) is 6.91. The topological polar surface area (TPSA) is 47.8 Å². The molecule has 6 heteroatoms. The Morgan fingerprint density at radius 3 is 1.95 bits per heavy atom. The molecule has 0 unspecified atom stereocenters. The van der Waals surface area contributed by atoms with Gasteiger partial charge in [-0.05, 0) is 55.7 Å². The van der Waals surface area contributed by atoms with E-state index >= 15 is 0 Å². The van der Waals surface area contributed by atoms with Gasteiger partial charge in [0.2, 0.25) is 5.71 Å². The van der Waals surface area contributed by atoms with Gasteiger partial charge in [0, 0.05) is 23.8 Å². The summed E-state index contributed by atoms with van der Waals surface area (Å²) >= 11 is 0. The summed E-state index contributed by atoms with van der Waals surface area (Å²) in [5.74, 6) is 0.0637. The van der Waals surface area contributed by atoms with Crippen LogP contribution in [0.25, 0.3) is 0 Å². The molecule has 5 rings (SSSR count). The van der Waals surface area contributed by atoms with E-state index in [1.165, 1.54) is 0 Å². The molecular formula is C32H40N2O3Si. The minimum atomic E-state index is -2.06. The molecule has 0 saturated carbocycles. The standard InChI is InChI=1S/C32H40N2O3Si/c1-24-30(26-16-9-6-10-17-26)25(2)34(35)36-31(24)33-23-15-22-29(33)32(37-38(3,4)5,27-18-11-7-12-19-27)28-20-13-8-14-21-28/h6-14,16-21,24,29-31H,15,22-23H2,1-5H3/t24-,29+,30-,31-/m1/s1. The van der Waals surface area contributed by atoms with Crippen molar-refractivity contribution in [2.24, 2.45) is 5.92 Å². The molecule has 200 valence electrons. The lowest BCUT2D eigenvalue weighted by Gasteiger charge is -2.51. The first kappa shape index (κ1) is 26.7. The predicted molar refractivity (Wildman–Crippen MR) is 155 cm³/mol. The summed E-state index contributed by atoms with van der Waals surface area (Å²) in [7, 11) is -2.06. The van der Waals surface area contributed by atoms with Crippen LogP contribution >= 0.6 is 0 Å². The Morgan fingerprint density at radius 2 is 1.42 bits per heavy atom. The molecule has 1 fully saturated rings. The average Bonchev–Trinajstić information content (AvgIpc) is 3.41. The Kier molecular flexibility index (Phi) is 7.49. The van der Waals surface area contributed by atoms with Gasteiger partial charge >= 0.3 is 0 Å². The number of rotatable bonds is 7. The Morgan fingerprint density at radius 1 is 0.895 bits per heavy atom. The lowest BCUT2D eigenvalue weighted by atomic mass is 9.77. The molecule has 4 atom stereocenters. The molecule has 0 bridgehead atoms. The number of nitrogens with zero attached hydrogens (tertiary/aromatic N) is 2. The maximum absolute atomic E-state index is 13.2. The quantitative estimate of drug-likeness (QED) is 0.247. The molecule has 3 aromatic rings. The maximum atomic E-state index is 13.2. The number of hydrogen-bond donors (Lipinski definition) is 0. The highest BCUT2D eigenvalue weighted by atomic mass is 28.4. The molecule has 0 aromatic heterocycles. The Balaban J connectivity index is 1.64. The van der Waals surface area contributed by atoms with Crippen LogP contribution in [0.15, 0.2) is 91.0 Å². The first-order valence-electron chi connectivity index (χ1n) is 13.8. The van der Waals surface area contributed by atoms with Crippen molar-refractivity contribution in [3.63, 3.8) is 0 Å². The summed E-state index contributed by atoms with van der Waals surface area (Å²) in [6.45, 7) is 11.7. The fraction of sp³-hybridized carbons (Fsp3) is 0.406. The van der Waals surface area contributed by atoms with Gasteiger partial charge in [0.1, 0.15) is 11.8 Å². The highest BCUT2D eigenvalue weighted by Crippen LogP contribution is 2.48. The largest absolute Gasteiger partial charge is 0.403 e. The van der Waals surface area contributed by atoms with Crippen LogP contribution in [0.2, 0.25) is 19.6 Å². The van der Waals surface area contributed by atoms with Crippen LogP contribution in [-0.4, -0.2) is 42.6 Å². The van der Waals surface area contributed by atoms with Gasteiger partial charge in [-0.15, -0.1) is 0 Å². The molecule has 2 heterocycles. The van der Waals surface area contributed by atoms with Crippen LogP contribution in [0.1, 0.15) is 49.3 Å². The van der Waals surface area contributed by atoms with Crippen molar-refractivity contribution in [2.75, 3.05) is 6.54 Å². The SMILES string of the molecule is CC1=[N+]([O-])O[C@@H](N2CCC[C@H]2C(O[Si](C)(C)C)(c2ccccc2)c2ccccc2)[C@H](C)[C@H]1c1ccccc1. The van der Waals surface area contributed by atoms with Crippen molar-refractivity contribution in [3.8, 4) is 0 Å². The zero-order chi connectivity index (χ0) is 26.9. The third-order valence-corrected chi connectivity index (χ3v) is 8.97. The average molecular weight is 529 g/mol. The molecule has 0 radical (unpaired) electrons. The van der Waals surface area contributed by atoms with E-state index in [-0.39, 0.29) is 24.1 Å². The second kappa shape index (κ2) is 10.7. The highest BCUT2D eigenvalue weighted by Gasteiger charge is 2.53. The summed E-state index contributed by atoms with van der Waals surface area (Å²) in [5, 5.41) is 13.2. The molecule has 0 spiro atoms. The van der Waals surface area contributed by atoms with Crippen molar-refractivity contribution in [3.05, 3.63) is 113 Å². The van der Waals surface area contributed by atoms with E-state index < -0.39 is 13.9 Å². The van der Waals surface area contributed by atoms with Gasteiger partial charge in [-0.3, -0.25) is 10.1 Å². The molecule has 3 aromatic carbocycles. The van der Waals surface area contributed by atoms with Crippen molar-refractivity contribution in [2.45, 2.75) is 70.1 Å². The first-order valence-corrected chi connectivity index (χ1v) is 17.2. The van der Waals surface area contributed by atoms with Crippen LogP contribution in [0.5, 0.6) is 0 Å². The van der Waals surface area contributed by atoms with E-state index in [1.807, 2.05) is 25.1 Å². The number of hydrogen-bond acceptors (Lipinski definition) is 4. The van der Waals surface area contributed by atoms with Crippen molar-refractivity contribution < 1.29 is 14.2 Å². The van der Waals surface area contributed by atoms with Crippen LogP contribution in [0.3, 0.4) is 0 Å². The molecule has 5 nitrogen and oxygen atoms in total. The lowest BCUT2D eigenvalue weighted by molar-refractivity contribution is -0.769. The Hall–Kier alpha value is -2.93. The van der Waals surface area contributed by atoms with Crippen LogP contribution in [0, 0.1) is 11.1 Å². The van der Waals surface area contributed by atoms with E-state index in [1.54, 1.807) is 0 Å². The van der Waals surface area contributed by atoms with Crippen molar-refractivity contribution in [1.82, 2.24) is 4.90 Å². The van der Waals surface area contributed by atoms with Gasteiger partial charge in [0.15, 0.2) is 8.32 Å². The van der Waals surface area contributed by atoms with E-state index in [9.17, 15) is 5.21 Å². The summed E-state index contributed by atoms with van der Waals surface area (Å²) in [5.41, 5.74) is 3.47. The van der Waals surface area contributed by atoms with Gasteiger partial charge < -0.3 is 9.26 Å². The fourth-order valence-corrected chi connectivity index (χ4v) is 7.96. The minimum Gasteiger partial charge on any atom is -0.403 e. The highest BCUT2D eigenvalue weighted by molar-refractivity contribution is 6.69. The summed E-state index contributed by atoms with van der Waals surface area (Å²) in [6, 6.07) is 31.7. The summed E-state index contributed by atoms with van der Waals surface area (Å²) in [4.78, 5) is 9.39. The minimum absolute atomic E-state index is 0.00899. The normalized spacial score (nSPS) is 24.9. The Labute approximate surface area is 228 Å². The lowest BCUT2D eigenvalue weighted by Crippen LogP contribution is -2.59. The van der Waals surface area contributed by atoms with Crippen LogP contribution in [0.4, 0.5) is 0 Å². The molecule has 2 aliphatic heterocycles. The van der Waals surface area contributed by atoms with Gasteiger partial charge in [-0.2, -0.15) is 0 Å². The molecule has 0 aliphatic carbocycles. The molecule has 0 N–H and O–H groups in total. The molecule has 0 amide bonds. The first-order chi connectivity index (χ1) is 18.2. The fourth-order valence-electron chi connectivity index (χ4n) is 6.63. The molecule has 2 aliphatic rings. The van der Waals surface area contributed by atoms with Gasteiger partial charge in [-0.1, -0.05) is 97.9 Å². The monoisotopic (exact) mass is 528 g/mol. The molecular weight excluding hydrogens is 488 g/mol. The van der Waals surface area contributed by atoms with Gasteiger partial charge in [0.25, 0.3) is 0 Å². The van der Waals surface area contributed by atoms with Crippen molar-refractivity contribution >= 4 is 14.0 Å². The zero-order valence-electron chi connectivity index (χ0n) is 23.2. The Bertz CT molecular complexity index is 1200. The maximum Gasteiger partial charge on any atom is 0.226 e. The van der Waals surface area contributed by atoms with E-state index in [2.05, 4.69) is 104 Å². The third kappa shape index (κ3) is 4.93. The molecule has 1 saturated heterocycles. The van der Waals surface area contributed by atoms with Crippen LogP contribution in [-0.2, 0) is 14.9 Å². The smallest absolute Gasteiger partial charge is 0.226 e. The van der Waals surface area contributed by atoms with E-state index in [0.717, 1.165) is 41.0 Å². The molecule has 38 heavy (non-hydrogen) atoms. The van der Waals surface area contributed by atoms with Crippen molar-refractivity contribution in [1.29, 1.82) is 0 Å². The van der Waals surface area contributed by atoms with Gasteiger partial charge in [-0.25, -0.2) is 0 Å². The summed E-state index contributed by atoms with van der Waals surface area (Å²) in [6.07, 6.45) is 1.61. The number of benzene rings is 3. The second-order valence-electron chi connectivity index (χ2n) is 11.7. The van der Waals surface area contributed by atoms with E-state index in [0.29, 0.717) is 5.71 Å². The zero-order valence-corrected chi connectivity index (χ0v) is 24.2. The third-order valence-electron chi connectivity index (χ3n) is 8.04. The number of likely N-dealkylation sites (tertiary alicyclic amines) is 1.